The maximum atomic E-state index is 12.1. The van der Waals surface area contributed by atoms with Crippen LogP contribution in [0, 0.1) is 0 Å². The van der Waals surface area contributed by atoms with Gasteiger partial charge < -0.3 is 20.5 Å². The van der Waals surface area contributed by atoms with Gasteiger partial charge in [0.1, 0.15) is 5.75 Å². The monoisotopic (exact) mass is 375 g/mol. The number of nitrogens with zero attached hydrogens (tertiary/aromatic N) is 1. The van der Waals surface area contributed by atoms with Crippen LogP contribution in [0.2, 0.25) is 0 Å². The van der Waals surface area contributed by atoms with Crippen LogP contribution < -0.4 is 15.4 Å². The van der Waals surface area contributed by atoms with Gasteiger partial charge in [0.05, 0.1) is 12.6 Å². The van der Waals surface area contributed by atoms with E-state index >= 15 is 0 Å². The third kappa shape index (κ3) is 8.40. The molecule has 8 heteroatoms. The van der Waals surface area contributed by atoms with Gasteiger partial charge in [0.2, 0.25) is 0 Å². The summed E-state index contributed by atoms with van der Waals surface area (Å²) in [4.78, 5) is 4.53. The molecular weight excluding hydrogens is 348 g/mol. The van der Waals surface area contributed by atoms with Crippen LogP contribution in [0.3, 0.4) is 0 Å². The van der Waals surface area contributed by atoms with Crippen LogP contribution in [0.1, 0.15) is 32.4 Å². The highest BCUT2D eigenvalue weighted by Gasteiger charge is 2.16. The zero-order valence-electron chi connectivity index (χ0n) is 15.1. The van der Waals surface area contributed by atoms with Gasteiger partial charge in [-0.2, -0.15) is 20.5 Å². The molecule has 0 aliphatic carbocycles. The van der Waals surface area contributed by atoms with Crippen molar-refractivity contribution >= 4 is 17.7 Å². The van der Waals surface area contributed by atoms with Gasteiger partial charge in [0.15, 0.2) is 5.96 Å². The van der Waals surface area contributed by atoms with Crippen molar-refractivity contribution in [1.29, 1.82) is 0 Å². The number of nitrogens with one attached hydrogen (secondary N) is 2. The van der Waals surface area contributed by atoms with E-state index in [9.17, 15) is 13.9 Å². The smallest absolute Gasteiger partial charge is 0.387 e. The van der Waals surface area contributed by atoms with E-state index in [2.05, 4.69) is 34.2 Å². The Morgan fingerprint density at radius 3 is 2.44 bits per heavy atom. The number of aliphatic imine (C=N–C) groups is 1. The molecule has 0 heterocycles. The van der Waals surface area contributed by atoms with E-state index < -0.39 is 12.7 Å². The summed E-state index contributed by atoms with van der Waals surface area (Å²) in [5.41, 5.74) is 0.606. The predicted octanol–water partition coefficient (Wildman–Crippen LogP) is 3.02. The minimum Gasteiger partial charge on any atom is -0.435 e. The molecule has 1 aromatic rings. The molecule has 0 saturated carbocycles. The van der Waals surface area contributed by atoms with Crippen LogP contribution in [-0.4, -0.2) is 48.3 Å². The number of aliphatic hydroxyl groups is 1. The van der Waals surface area contributed by atoms with E-state index in [-0.39, 0.29) is 17.0 Å². The lowest BCUT2D eigenvalue weighted by atomic mass is 10.1. The molecule has 0 aliphatic rings. The largest absolute Gasteiger partial charge is 0.435 e. The molecule has 0 spiro atoms. The topological polar surface area (TPSA) is 65.9 Å². The Morgan fingerprint density at radius 2 is 1.92 bits per heavy atom. The number of guanidine groups is 1. The summed E-state index contributed by atoms with van der Waals surface area (Å²) in [6, 6.07) is 5.94. The van der Waals surface area contributed by atoms with E-state index in [0.29, 0.717) is 24.6 Å². The minimum absolute atomic E-state index is 0.0293. The lowest BCUT2D eigenvalue weighted by Gasteiger charge is -2.21. The number of alkyl halides is 2. The first kappa shape index (κ1) is 21.5. The average molecular weight is 375 g/mol. The van der Waals surface area contributed by atoms with Gasteiger partial charge in [-0.15, -0.1) is 0 Å². The third-order valence-electron chi connectivity index (χ3n) is 3.47. The first-order valence-corrected chi connectivity index (χ1v) is 9.30. The molecule has 0 aromatic heterocycles. The summed E-state index contributed by atoms with van der Waals surface area (Å²) in [6.45, 7) is 4.93. The molecule has 5 nitrogen and oxygen atoms in total. The van der Waals surface area contributed by atoms with Crippen molar-refractivity contribution in [2.75, 3.05) is 25.9 Å². The maximum Gasteiger partial charge on any atom is 0.387 e. The van der Waals surface area contributed by atoms with Crippen LogP contribution in [0.5, 0.6) is 5.75 Å². The Balaban J connectivity index is 2.61. The summed E-state index contributed by atoms with van der Waals surface area (Å²) >= 11 is 1.74. The molecule has 0 aliphatic heterocycles. The Bertz CT molecular complexity index is 539. The molecule has 0 amide bonds. The SMILES string of the molecule is CCNC(=NCC(C)(C)SC)NCC(O)c1ccc(OC(F)F)cc1. The fourth-order valence-corrected chi connectivity index (χ4v) is 2.05. The van der Waals surface area contributed by atoms with Crippen molar-refractivity contribution in [3.63, 3.8) is 0 Å². The highest BCUT2D eigenvalue weighted by molar-refractivity contribution is 7.99. The van der Waals surface area contributed by atoms with Crippen molar-refractivity contribution in [3.8, 4) is 5.75 Å². The summed E-state index contributed by atoms with van der Waals surface area (Å²) in [5.74, 6) is 0.689. The Morgan fingerprint density at radius 1 is 1.28 bits per heavy atom. The highest BCUT2D eigenvalue weighted by atomic mass is 32.2. The van der Waals surface area contributed by atoms with Crippen LogP contribution in [0.25, 0.3) is 0 Å². The van der Waals surface area contributed by atoms with Gasteiger partial charge in [-0.1, -0.05) is 12.1 Å². The Hall–Kier alpha value is -1.54. The second-order valence-electron chi connectivity index (χ2n) is 6.00. The molecule has 1 aromatic carbocycles. The number of hydrogen-bond donors (Lipinski definition) is 3. The Kier molecular flexibility index (Phi) is 8.99. The van der Waals surface area contributed by atoms with Gasteiger partial charge in [-0.3, -0.25) is 4.99 Å². The highest BCUT2D eigenvalue weighted by Crippen LogP contribution is 2.21. The predicted molar refractivity (Wildman–Crippen MR) is 99.6 cm³/mol. The summed E-state index contributed by atoms with van der Waals surface area (Å²) in [6.07, 6.45) is 1.25. The summed E-state index contributed by atoms with van der Waals surface area (Å²) < 4.78 is 28.6. The fraction of sp³-hybridized carbons (Fsp3) is 0.588. The number of thioether (sulfide) groups is 1. The fourth-order valence-electron chi connectivity index (χ4n) is 1.86. The van der Waals surface area contributed by atoms with Crippen molar-refractivity contribution in [2.45, 2.75) is 38.2 Å². The van der Waals surface area contributed by atoms with Crippen molar-refractivity contribution in [1.82, 2.24) is 10.6 Å². The molecule has 0 bridgehead atoms. The molecule has 142 valence electrons. The molecule has 25 heavy (non-hydrogen) atoms. The Labute approximate surface area is 152 Å². The van der Waals surface area contributed by atoms with Crippen molar-refractivity contribution in [2.24, 2.45) is 4.99 Å². The normalized spacial score (nSPS) is 13.7. The van der Waals surface area contributed by atoms with E-state index in [1.165, 1.54) is 12.1 Å². The molecular formula is C17H27F2N3O2S. The van der Waals surface area contributed by atoms with Crippen LogP contribution in [-0.2, 0) is 0 Å². The van der Waals surface area contributed by atoms with E-state index in [0.717, 1.165) is 0 Å². The van der Waals surface area contributed by atoms with Crippen LogP contribution in [0.4, 0.5) is 8.78 Å². The van der Waals surface area contributed by atoms with Gasteiger partial charge in [-0.25, -0.2) is 0 Å². The molecule has 3 N–H and O–H groups in total. The van der Waals surface area contributed by atoms with Crippen molar-refractivity contribution < 1.29 is 18.6 Å². The first-order chi connectivity index (χ1) is 11.8. The van der Waals surface area contributed by atoms with E-state index in [1.54, 1.807) is 23.9 Å². The number of halogens is 2. The lowest BCUT2D eigenvalue weighted by Crippen LogP contribution is -2.40. The zero-order valence-corrected chi connectivity index (χ0v) is 15.9. The molecule has 1 atom stereocenters. The second-order valence-corrected chi connectivity index (χ2v) is 7.52. The third-order valence-corrected chi connectivity index (χ3v) is 4.70. The van der Waals surface area contributed by atoms with Gasteiger partial charge >= 0.3 is 6.61 Å². The molecule has 1 rings (SSSR count). The lowest BCUT2D eigenvalue weighted by molar-refractivity contribution is -0.0498. The van der Waals surface area contributed by atoms with Crippen molar-refractivity contribution in [3.05, 3.63) is 29.8 Å². The summed E-state index contributed by atoms with van der Waals surface area (Å²) in [5, 5.41) is 16.5. The molecule has 0 saturated heterocycles. The van der Waals surface area contributed by atoms with E-state index in [4.69, 9.17) is 0 Å². The number of benzene rings is 1. The van der Waals surface area contributed by atoms with Crippen LogP contribution >= 0.6 is 11.8 Å². The quantitative estimate of drug-likeness (QED) is 0.457. The van der Waals surface area contributed by atoms with Crippen LogP contribution in [0.15, 0.2) is 29.3 Å². The maximum absolute atomic E-state index is 12.1. The number of ether oxygens (including phenoxy) is 1. The molecule has 0 radical (unpaired) electrons. The number of rotatable bonds is 9. The number of hydrogen-bond acceptors (Lipinski definition) is 4. The molecule has 0 fully saturated rings. The molecule has 1 unspecified atom stereocenters. The van der Waals surface area contributed by atoms with Gasteiger partial charge in [-0.05, 0) is 44.7 Å². The second kappa shape index (κ2) is 10.5. The van der Waals surface area contributed by atoms with E-state index in [1.807, 2.05) is 13.2 Å². The van der Waals surface area contributed by atoms with Gasteiger partial charge in [0, 0.05) is 17.8 Å². The minimum atomic E-state index is -2.86. The zero-order chi connectivity index (χ0) is 18.9. The number of aliphatic hydroxyl groups excluding tert-OH is 1. The van der Waals surface area contributed by atoms with Gasteiger partial charge in [0.25, 0.3) is 0 Å². The average Bonchev–Trinajstić information content (AvgIpc) is 2.57. The first-order valence-electron chi connectivity index (χ1n) is 8.07. The summed E-state index contributed by atoms with van der Waals surface area (Å²) in [7, 11) is 0. The standard InChI is InChI=1S/C17H27F2N3O2S/c1-5-20-16(22-11-17(2,3)25-4)21-10-14(23)12-6-8-13(9-7-12)24-15(18)19/h6-9,14-15,23H,5,10-11H2,1-4H3,(H2,20,21,22).